The number of likely N-dealkylation sites (tertiary alicyclic amines) is 1. The number of urea groups is 1. The van der Waals surface area contributed by atoms with Crippen molar-refractivity contribution in [3.05, 3.63) is 131 Å². The van der Waals surface area contributed by atoms with Gasteiger partial charge in [-0.2, -0.15) is 0 Å². The summed E-state index contributed by atoms with van der Waals surface area (Å²) >= 11 is 0. The zero-order valence-electron chi connectivity index (χ0n) is 27.9. The van der Waals surface area contributed by atoms with Crippen molar-refractivity contribution in [2.75, 3.05) is 26.8 Å². The number of rotatable bonds is 12. The fraction of sp³-hybridized carbons (Fsp3) is 0.375. The molecule has 0 saturated carbocycles. The Morgan fingerprint density at radius 2 is 1.54 bits per heavy atom. The van der Waals surface area contributed by atoms with Gasteiger partial charge in [-0.15, -0.1) is 0 Å². The summed E-state index contributed by atoms with van der Waals surface area (Å²) in [5.74, 6) is 0.126. The number of ether oxygens (including phenoxy) is 3. The molecule has 8 heteroatoms. The number of nitrogens with one attached hydrogen (secondary N) is 2. The smallest absolute Gasteiger partial charge is 0.315 e. The molecule has 0 radical (unpaired) electrons. The van der Waals surface area contributed by atoms with Gasteiger partial charge in [0.1, 0.15) is 0 Å². The lowest BCUT2D eigenvalue weighted by Gasteiger charge is -2.43. The largest absolute Gasteiger partial charge is 0.392 e. The average molecular weight is 650 g/mol. The van der Waals surface area contributed by atoms with Gasteiger partial charge in [0.2, 0.25) is 0 Å². The monoisotopic (exact) mass is 649 g/mol. The molecule has 0 spiro atoms. The molecule has 2 aliphatic rings. The Hall–Kier alpha value is -4.05. The summed E-state index contributed by atoms with van der Waals surface area (Å²) < 4.78 is 19.0. The molecule has 2 fully saturated rings. The summed E-state index contributed by atoms with van der Waals surface area (Å²) in [5.41, 5.74) is 7.16. The van der Waals surface area contributed by atoms with Crippen LogP contribution < -0.4 is 10.6 Å². The molecule has 0 aliphatic carbocycles. The van der Waals surface area contributed by atoms with Crippen LogP contribution in [0, 0.1) is 5.92 Å². The second-order valence-electron chi connectivity index (χ2n) is 12.9. The van der Waals surface area contributed by atoms with Gasteiger partial charge in [-0.25, -0.2) is 4.79 Å². The summed E-state index contributed by atoms with van der Waals surface area (Å²) in [5, 5.41) is 15.5. The lowest BCUT2D eigenvalue weighted by atomic mass is 9.89. The molecule has 2 saturated heterocycles. The quantitative estimate of drug-likeness (QED) is 0.157. The molecule has 3 N–H and O–H groups in total. The summed E-state index contributed by atoms with van der Waals surface area (Å²) in [6.45, 7) is 5.74. The standard InChI is InChI=1S/C40H47N3O5/c1-28-37(25-43-21-7-12-36(43)27-46-2)47-39(48-38(28)33-15-13-30(26-44)14-16-33)34-19-17-32(18-20-34)35-11-6-10-31(22-35)24-42-40(45)41-23-29-8-4-3-5-9-29/h3-6,8-11,13-20,22,28,36-39,44H,7,12,21,23-27H2,1-2H3,(H2,41,42,45)/t28-,36-,37+,38+,39+/m0/s1. The molecular formula is C40H47N3O5. The lowest BCUT2D eigenvalue weighted by Crippen LogP contribution is -2.46. The fourth-order valence-electron chi connectivity index (χ4n) is 6.79. The number of nitrogens with zero attached hydrogens (tertiary/aromatic N) is 1. The van der Waals surface area contributed by atoms with E-state index >= 15 is 0 Å². The summed E-state index contributed by atoms with van der Waals surface area (Å²) in [7, 11) is 1.77. The molecule has 2 heterocycles. The molecule has 2 aliphatic heterocycles. The number of aliphatic hydroxyl groups excluding tert-OH is 1. The van der Waals surface area contributed by atoms with Crippen molar-refractivity contribution in [2.45, 2.75) is 64.0 Å². The van der Waals surface area contributed by atoms with Crippen molar-refractivity contribution in [1.82, 2.24) is 15.5 Å². The molecule has 0 unspecified atom stereocenters. The molecule has 8 nitrogen and oxygen atoms in total. The minimum Gasteiger partial charge on any atom is -0.392 e. The highest BCUT2D eigenvalue weighted by Crippen LogP contribution is 2.42. The zero-order valence-corrected chi connectivity index (χ0v) is 27.9. The third-order valence-electron chi connectivity index (χ3n) is 9.59. The van der Waals surface area contributed by atoms with Crippen LogP contribution in [0.15, 0.2) is 103 Å². The molecule has 2 amide bonds. The minimum atomic E-state index is -0.517. The van der Waals surface area contributed by atoms with Gasteiger partial charge in [0.05, 0.1) is 25.4 Å². The number of hydrogen-bond acceptors (Lipinski definition) is 6. The highest BCUT2D eigenvalue weighted by molar-refractivity contribution is 5.74. The highest BCUT2D eigenvalue weighted by atomic mass is 16.7. The van der Waals surface area contributed by atoms with E-state index in [0.717, 1.165) is 65.1 Å². The van der Waals surface area contributed by atoms with E-state index in [1.165, 1.54) is 6.42 Å². The number of carbonyl (C=O) groups is 1. The Morgan fingerprint density at radius 3 is 2.27 bits per heavy atom. The van der Waals surface area contributed by atoms with Crippen LogP contribution in [0.5, 0.6) is 0 Å². The average Bonchev–Trinajstić information content (AvgIpc) is 3.57. The number of benzene rings is 4. The Labute approximate surface area is 284 Å². The molecule has 0 aromatic heterocycles. The predicted molar refractivity (Wildman–Crippen MR) is 187 cm³/mol. The summed E-state index contributed by atoms with van der Waals surface area (Å²) in [6, 6.07) is 34.7. The summed E-state index contributed by atoms with van der Waals surface area (Å²) in [6.07, 6.45) is 1.61. The first-order chi connectivity index (χ1) is 23.5. The SMILES string of the molecule is COC[C@@H]1CCCN1C[C@H]1O[C@@H](c2ccc(-c3cccc(CNC(=O)NCc4ccccc4)c3)cc2)O[C@@H](c2ccc(CO)cc2)[C@H]1C. The van der Waals surface area contributed by atoms with Crippen LogP contribution >= 0.6 is 0 Å². The van der Waals surface area contributed by atoms with Gasteiger partial charge in [-0.3, -0.25) is 4.90 Å². The van der Waals surface area contributed by atoms with Gasteiger partial charge < -0.3 is 30.0 Å². The molecule has 6 rings (SSSR count). The van der Waals surface area contributed by atoms with Crippen LogP contribution in [0.3, 0.4) is 0 Å². The highest BCUT2D eigenvalue weighted by Gasteiger charge is 2.40. The normalized spacial score (nSPS) is 22.8. The van der Waals surface area contributed by atoms with Crippen LogP contribution in [0.2, 0.25) is 0 Å². The maximum absolute atomic E-state index is 12.4. The first-order valence-corrected chi connectivity index (χ1v) is 17.0. The van der Waals surface area contributed by atoms with Crippen LogP contribution in [-0.2, 0) is 33.9 Å². The molecular weight excluding hydrogens is 602 g/mol. The third kappa shape index (κ3) is 8.50. The number of amides is 2. The lowest BCUT2D eigenvalue weighted by molar-refractivity contribution is -0.276. The number of methoxy groups -OCH3 is 1. The van der Waals surface area contributed by atoms with Crippen molar-refractivity contribution in [2.24, 2.45) is 5.92 Å². The van der Waals surface area contributed by atoms with Crippen LogP contribution in [0.1, 0.15) is 60.0 Å². The predicted octanol–water partition coefficient (Wildman–Crippen LogP) is 6.75. The van der Waals surface area contributed by atoms with E-state index < -0.39 is 6.29 Å². The van der Waals surface area contributed by atoms with Gasteiger partial charge >= 0.3 is 6.03 Å². The summed E-state index contributed by atoms with van der Waals surface area (Å²) in [4.78, 5) is 14.9. The van der Waals surface area contributed by atoms with Crippen LogP contribution in [-0.4, -0.2) is 55.0 Å². The van der Waals surface area contributed by atoms with Crippen molar-refractivity contribution < 1.29 is 24.1 Å². The third-order valence-corrected chi connectivity index (χ3v) is 9.59. The van der Waals surface area contributed by atoms with Gasteiger partial charge in [0.15, 0.2) is 6.29 Å². The van der Waals surface area contributed by atoms with E-state index in [1.807, 2.05) is 54.6 Å². The molecule has 0 bridgehead atoms. The van der Waals surface area contributed by atoms with Crippen molar-refractivity contribution in [1.29, 1.82) is 0 Å². The van der Waals surface area contributed by atoms with Gasteiger partial charge in [-0.1, -0.05) is 104 Å². The number of carbonyl (C=O) groups excluding carboxylic acids is 1. The molecule has 48 heavy (non-hydrogen) atoms. The van der Waals surface area contributed by atoms with E-state index in [4.69, 9.17) is 14.2 Å². The first kappa shape index (κ1) is 33.8. The molecule has 4 aromatic carbocycles. The van der Waals surface area contributed by atoms with Crippen molar-refractivity contribution >= 4 is 6.03 Å². The zero-order chi connectivity index (χ0) is 33.3. The van der Waals surface area contributed by atoms with E-state index in [0.29, 0.717) is 19.1 Å². The van der Waals surface area contributed by atoms with E-state index in [-0.39, 0.29) is 30.8 Å². The van der Waals surface area contributed by atoms with Crippen molar-refractivity contribution in [3.8, 4) is 11.1 Å². The first-order valence-electron chi connectivity index (χ1n) is 17.0. The molecule has 4 aromatic rings. The maximum atomic E-state index is 12.4. The van der Waals surface area contributed by atoms with E-state index in [1.54, 1.807) is 7.11 Å². The van der Waals surface area contributed by atoms with Gasteiger partial charge in [0.25, 0.3) is 0 Å². The van der Waals surface area contributed by atoms with Gasteiger partial charge in [-0.05, 0) is 58.8 Å². The van der Waals surface area contributed by atoms with Gasteiger partial charge in [0, 0.05) is 44.3 Å². The van der Waals surface area contributed by atoms with E-state index in [2.05, 4.69) is 71.0 Å². The van der Waals surface area contributed by atoms with Crippen LogP contribution in [0.25, 0.3) is 11.1 Å². The Morgan fingerprint density at radius 1 is 0.833 bits per heavy atom. The maximum Gasteiger partial charge on any atom is 0.315 e. The Bertz CT molecular complexity index is 1600. The molecule has 252 valence electrons. The van der Waals surface area contributed by atoms with E-state index in [9.17, 15) is 9.90 Å². The fourth-order valence-corrected chi connectivity index (χ4v) is 6.79. The topological polar surface area (TPSA) is 92.3 Å². The molecule has 5 atom stereocenters. The second-order valence-corrected chi connectivity index (χ2v) is 12.9. The van der Waals surface area contributed by atoms with Crippen LogP contribution in [0.4, 0.5) is 4.79 Å². The number of aliphatic hydroxyl groups is 1. The second kappa shape index (κ2) is 16.4. The number of hydrogen-bond donors (Lipinski definition) is 3. The minimum absolute atomic E-state index is 0.0153. The van der Waals surface area contributed by atoms with Crippen molar-refractivity contribution in [3.63, 3.8) is 0 Å². The Kier molecular flexibility index (Phi) is 11.5. The Balaban J connectivity index is 1.14.